The lowest BCUT2D eigenvalue weighted by Crippen LogP contribution is -1.86. The van der Waals surface area contributed by atoms with Crippen LogP contribution in [-0.2, 0) is 0 Å². The van der Waals surface area contributed by atoms with Gasteiger partial charge < -0.3 is 0 Å². The zero-order valence-corrected chi connectivity index (χ0v) is 9.97. The fourth-order valence-electron chi connectivity index (χ4n) is 1.08. The third-order valence-corrected chi connectivity index (χ3v) is 3.13. The summed E-state index contributed by atoms with van der Waals surface area (Å²) in [5.74, 6) is 0. The van der Waals surface area contributed by atoms with Crippen molar-refractivity contribution in [2.45, 2.75) is 13.8 Å². The minimum atomic E-state index is 0.961. The van der Waals surface area contributed by atoms with Gasteiger partial charge in [-0.2, -0.15) is 0 Å². The summed E-state index contributed by atoms with van der Waals surface area (Å²) >= 11 is 1.63. The molecule has 1 rings (SSSR count). The van der Waals surface area contributed by atoms with Crippen molar-refractivity contribution in [3.63, 3.8) is 0 Å². The smallest absolute Gasteiger partial charge is 0.0666 e. The van der Waals surface area contributed by atoms with E-state index < -0.39 is 0 Å². The van der Waals surface area contributed by atoms with E-state index in [2.05, 4.69) is 32.0 Å². The van der Waals surface area contributed by atoms with Gasteiger partial charge in [0.05, 0.1) is 5.69 Å². The molecule has 0 radical (unpaired) electrons. The molecule has 0 aliphatic heterocycles. The maximum Gasteiger partial charge on any atom is 0.0666 e. The number of hydrogen-bond acceptors (Lipinski definition) is 2. The molecule has 1 aromatic rings. The van der Waals surface area contributed by atoms with Gasteiger partial charge in [0.25, 0.3) is 0 Å². The maximum absolute atomic E-state index is 4.31. The van der Waals surface area contributed by atoms with E-state index in [0.29, 0.717) is 0 Å². The molecule has 0 spiro atoms. The van der Waals surface area contributed by atoms with Crippen LogP contribution in [0.2, 0.25) is 0 Å². The average Bonchev–Trinajstić information content (AvgIpc) is 2.29. The van der Waals surface area contributed by atoms with Crippen LogP contribution in [0.15, 0.2) is 53.4 Å². The van der Waals surface area contributed by atoms with E-state index in [9.17, 15) is 0 Å². The van der Waals surface area contributed by atoms with Crippen LogP contribution in [0.5, 0.6) is 0 Å². The summed E-state index contributed by atoms with van der Waals surface area (Å²) in [7, 11) is 0. The van der Waals surface area contributed by atoms with Crippen molar-refractivity contribution in [1.82, 2.24) is 4.98 Å². The second kappa shape index (κ2) is 5.56. The third-order valence-electron chi connectivity index (χ3n) is 2.09. The third kappa shape index (κ3) is 3.40. The lowest BCUT2D eigenvalue weighted by molar-refractivity contribution is 1.26. The molecule has 78 valence electrons. The van der Waals surface area contributed by atoms with E-state index in [0.717, 1.165) is 10.6 Å². The predicted molar refractivity (Wildman–Crippen MR) is 69.4 cm³/mol. The summed E-state index contributed by atoms with van der Waals surface area (Å²) in [6.45, 7) is 11.7. The fourth-order valence-corrected chi connectivity index (χ4v) is 1.81. The molecule has 1 nitrogen and oxygen atoms in total. The van der Waals surface area contributed by atoms with Crippen molar-refractivity contribution >= 4 is 17.3 Å². The first-order valence-corrected chi connectivity index (χ1v) is 5.55. The lowest BCUT2D eigenvalue weighted by atomic mass is 10.2. The molecule has 0 bridgehead atoms. The molecule has 0 saturated carbocycles. The zero-order valence-electron chi connectivity index (χ0n) is 9.16. The topological polar surface area (TPSA) is 12.9 Å². The van der Waals surface area contributed by atoms with Crippen molar-refractivity contribution in [1.29, 1.82) is 0 Å². The van der Waals surface area contributed by atoms with Gasteiger partial charge in [0.2, 0.25) is 0 Å². The van der Waals surface area contributed by atoms with Gasteiger partial charge >= 0.3 is 0 Å². The van der Waals surface area contributed by atoms with Crippen molar-refractivity contribution < 1.29 is 0 Å². The number of rotatable bonds is 4. The maximum atomic E-state index is 4.31. The van der Waals surface area contributed by atoms with E-state index in [-0.39, 0.29) is 0 Å². The predicted octanol–water partition coefficient (Wildman–Crippen LogP) is 4.27. The Labute approximate surface area is 95.6 Å². The highest BCUT2D eigenvalue weighted by molar-refractivity contribution is 8.07. The van der Waals surface area contributed by atoms with Crippen molar-refractivity contribution in [3.05, 3.63) is 59.1 Å². The first-order chi connectivity index (χ1) is 7.15. The molecule has 0 N–H and O–H groups in total. The van der Waals surface area contributed by atoms with Crippen LogP contribution >= 0.6 is 11.8 Å². The van der Waals surface area contributed by atoms with E-state index in [1.807, 2.05) is 18.2 Å². The Kier molecular flexibility index (Phi) is 4.37. The molecule has 0 aliphatic carbocycles. The molecule has 0 atom stereocenters. The van der Waals surface area contributed by atoms with Gasteiger partial charge in [-0.3, -0.25) is 4.98 Å². The van der Waals surface area contributed by atoms with E-state index in [4.69, 9.17) is 0 Å². The Bertz CT molecular complexity index is 390. The Balaban J connectivity index is 2.90. The number of nitrogens with zero attached hydrogens (tertiary/aromatic N) is 1. The first-order valence-electron chi connectivity index (χ1n) is 4.73. The highest BCUT2D eigenvalue weighted by Gasteiger charge is 2.02. The summed E-state index contributed by atoms with van der Waals surface area (Å²) in [5, 5.41) is 0. The second-order valence-corrected chi connectivity index (χ2v) is 4.51. The van der Waals surface area contributed by atoms with Crippen LogP contribution in [0.25, 0.3) is 5.57 Å². The number of allylic oxidation sites excluding steroid dienone is 3. The highest BCUT2D eigenvalue weighted by atomic mass is 32.2. The molecule has 1 heterocycles. The quantitative estimate of drug-likeness (QED) is 0.699. The SMILES string of the molecule is C=CC(=C)S/C(C)=C(/C)c1ccccn1. The second-order valence-electron chi connectivity index (χ2n) is 3.17. The number of hydrogen-bond donors (Lipinski definition) is 0. The number of aromatic nitrogens is 1. The Morgan fingerprint density at radius 3 is 2.67 bits per heavy atom. The molecular weight excluding hydrogens is 202 g/mol. The summed E-state index contributed by atoms with van der Waals surface area (Å²) in [6, 6.07) is 5.92. The highest BCUT2D eigenvalue weighted by Crippen LogP contribution is 2.30. The van der Waals surface area contributed by atoms with Crippen molar-refractivity contribution in [3.8, 4) is 0 Å². The zero-order chi connectivity index (χ0) is 11.3. The van der Waals surface area contributed by atoms with Crippen LogP contribution in [0, 0.1) is 0 Å². The average molecular weight is 217 g/mol. The largest absolute Gasteiger partial charge is 0.257 e. The Morgan fingerprint density at radius 2 is 2.13 bits per heavy atom. The van der Waals surface area contributed by atoms with Crippen molar-refractivity contribution in [2.24, 2.45) is 0 Å². The molecule has 2 heteroatoms. The molecule has 1 aromatic heterocycles. The Morgan fingerprint density at radius 1 is 1.40 bits per heavy atom. The lowest BCUT2D eigenvalue weighted by Gasteiger charge is -2.06. The minimum Gasteiger partial charge on any atom is -0.257 e. The van der Waals surface area contributed by atoms with E-state index >= 15 is 0 Å². The van der Waals surface area contributed by atoms with Gasteiger partial charge in [0.1, 0.15) is 0 Å². The standard InChI is InChI=1S/C13H15NS/c1-5-10(2)15-12(4)11(3)13-8-6-7-9-14-13/h5-9H,1-2H2,3-4H3/b12-11-. The van der Waals surface area contributed by atoms with Crippen LogP contribution < -0.4 is 0 Å². The van der Waals surface area contributed by atoms with Crippen LogP contribution in [0.1, 0.15) is 19.5 Å². The molecule has 0 unspecified atom stereocenters. The van der Waals surface area contributed by atoms with Gasteiger partial charge in [-0.15, -0.1) is 0 Å². The minimum absolute atomic E-state index is 0.961. The van der Waals surface area contributed by atoms with Gasteiger partial charge in [-0.1, -0.05) is 37.1 Å². The number of thioether (sulfide) groups is 1. The summed E-state index contributed by atoms with van der Waals surface area (Å²) in [6.07, 6.45) is 3.57. The van der Waals surface area contributed by atoms with E-state index in [1.165, 1.54) is 10.5 Å². The number of pyridine rings is 1. The normalized spacial score (nSPS) is 11.9. The Hall–Kier alpha value is -1.28. The molecular formula is C13H15NS. The molecule has 0 fully saturated rings. The summed E-state index contributed by atoms with van der Waals surface area (Å²) in [5.41, 5.74) is 2.20. The van der Waals surface area contributed by atoms with Crippen LogP contribution in [0.3, 0.4) is 0 Å². The molecule has 0 saturated heterocycles. The van der Waals surface area contributed by atoms with Crippen LogP contribution in [-0.4, -0.2) is 4.98 Å². The first kappa shape index (κ1) is 11.8. The van der Waals surface area contributed by atoms with Gasteiger partial charge in [-0.25, -0.2) is 0 Å². The van der Waals surface area contributed by atoms with Gasteiger partial charge in [-0.05, 0) is 36.5 Å². The monoisotopic (exact) mass is 217 g/mol. The molecule has 15 heavy (non-hydrogen) atoms. The van der Waals surface area contributed by atoms with Crippen LogP contribution in [0.4, 0.5) is 0 Å². The summed E-state index contributed by atoms with van der Waals surface area (Å²) in [4.78, 5) is 6.47. The van der Waals surface area contributed by atoms with Crippen molar-refractivity contribution in [2.75, 3.05) is 0 Å². The molecule has 0 aromatic carbocycles. The molecule has 0 aliphatic rings. The fraction of sp³-hybridized carbons (Fsp3) is 0.154. The van der Waals surface area contributed by atoms with Gasteiger partial charge in [0.15, 0.2) is 0 Å². The molecule has 0 amide bonds. The van der Waals surface area contributed by atoms with E-state index in [1.54, 1.807) is 24.0 Å². The van der Waals surface area contributed by atoms with Gasteiger partial charge in [0, 0.05) is 11.1 Å². The summed E-state index contributed by atoms with van der Waals surface area (Å²) < 4.78 is 0.